The van der Waals surface area contributed by atoms with E-state index in [1.807, 2.05) is 0 Å². The van der Waals surface area contributed by atoms with Crippen LogP contribution in [0.25, 0.3) is 0 Å². The van der Waals surface area contributed by atoms with Crippen molar-refractivity contribution < 1.29 is 4.74 Å². The van der Waals surface area contributed by atoms with E-state index in [-0.39, 0.29) is 0 Å². The number of rotatable bonds is 1. The molecule has 1 aromatic carbocycles. The number of ether oxygens (including phenoxy) is 1. The van der Waals surface area contributed by atoms with Gasteiger partial charge in [0.25, 0.3) is 0 Å². The Morgan fingerprint density at radius 3 is 2.54 bits per heavy atom. The minimum Gasteiger partial charge on any atom is -0.378 e. The summed E-state index contributed by atoms with van der Waals surface area (Å²) in [6.45, 7) is 3.05. The van der Waals surface area contributed by atoms with Crippen molar-refractivity contribution in [2.45, 2.75) is 31.8 Å². The van der Waals surface area contributed by atoms with Gasteiger partial charge in [0.1, 0.15) is 0 Å². The van der Waals surface area contributed by atoms with Gasteiger partial charge in [0.05, 0.1) is 12.7 Å². The molecular formula is C12H16O. The molecule has 2 atom stereocenters. The first-order chi connectivity index (χ1) is 6.36. The second-order valence-electron chi connectivity index (χ2n) is 3.83. The van der Waals surface area contributed by atoms with Crippen LogP contribution in [0.3, 0.4) is 0 Å². The molecule has 0 amide bonds. The summed E-state index contributed by atoms with van der Waals surface area (Å²) in [7, 11) is 0. The van der Waals surface area contributed by atoms with Gasteiger partial charge in [-0.15, -0.1) is 0 Å². The smallest absolute Gasteiger partial charge is 0.0547 e. The van der Waals surface area contributed by atoms with Gasteiger partial charge in [0, 0.05) is 5.92 Å². The molecule has 70 valence electrons. The third-order valence-electron chi connectivity index (χ3n) is 2.77. The standard InChI is InChI=1S/C12H16O/c1-10-7-8-12(9-13-10)11-5-3-2-4-6-11/h2-6,10,12H,7-9H2,1H3/t10-,12-/m1/s1. The molecule has 1 nitrogen and oxygen atoms in total. The minimum atomic E-state index is 0.458. The van der Waals surface area contributed by atoms with Gasteiger partial charge in [0.2, 0.25) is 0 Å². The van der Waals surface area contributed by atoms with Crippen LogP contribution in [0.4, 0.5) is 0 Å². The van der Waals surface area contributed by atoms with Crippen molar-refractivity contribution in [1.29, 1.82) is 0 Å². The molecule has 0 N–H and O–H groups in total. The van der Waals surface area contributed by atoms with Crippen LogP contribution < -0.4 is 0 Å². The lowest BCUT2D eigenvalue weighted by Crippen LogP contribution is -2.22. The van der Waals surface area contributed by atoms with E-state index in [4.69, 9.17) is 4.74 Å². The number of benzene rings is 1. The van der Waals surface area contributed by atoms with E-state index in [0.29, 0.717) is 12.0 Å². The predicted molar refractivity (Wildman–Crippen MR) is 53.8 cm³/mol. The van der Waals surface area contributed by atoms with Gasteiger partial charge in [-0.2, -0.15) is 0 Å². The highest BCUT2D eigenvalue weighted by atomic mass is 16.5. The minimum absolute atomic E-state index is 0.458. The van der Waals surface area contributed by atoms with Crippen LogP contribution in [0.5, 0.6) is 0 Å². The highest BCUT2D eigenvalue weighted by Gasteiger charge is 2.19. The molecule has 1 heteroatoms. The summed E-state index contributed by atoms with van der Waals surface area (Å²) in [4.78, 5) is 0. The third kappa shape index (κ3) is 2.10. The molecule has 0 radical (unpaired) electrons. The van der Waals surface area contributed by atoms with Crippen LogP contribution in [0.1, 0.15) is 31.2 Å². The molecule has 1 saturated heterocycles. The monoisotopic (exact) mass is 176 g/mol. The topological polar surface area (TPSA) is 9.23 Å². The lowest BCUT2D eigenvalue weighted by atomic mass is 9.92. The molecule has 1 aliphatic heterocycles. The average Bonchev–Trinajstić information content (AvgIpc) is 2.20. The quantitative estimate of drug-likeness (QED) is 0.639. The van der Waals surface area contributed by atoms with Crippen LogP contribution >= 0.6 is 0 Å². The Morgan fingerprint density at radius 2 is 1.92 bits per heavy atom. The SMILES string of the molecule is C[C@@H]1CC[C@@H](c2ccccc2)CO1. The van der Waals surface area contributed by atoms with Gasteiger partial charge in [-0.05, 0) is 25.3 Å². The van der Waals surface area contributed by atoms with Crippen molar-refractivity contribution in [3.63, 3.8) is 0 Å². The normalized spacial score (nSPS) is 28.7. The summed E-state index contributed by atoms with van der Waals surface area (Å²) in [5.41, 5.74) is 1.43. The van der Waals surface area contributed by atoms with Gasteiger partial charge >= 0.3 is 0 Å². The maximum Gasteiger partial charge on any atom is 0.0547 e. The second-order valence-corrected chi connectivity index (χ2v) is 3.83. The van der Waals surface area contributed by atoms with E-state index < -0.39 is 0 Å². The summed E-state index contributed by atoms with van der Waals surface area (Å²) in [5, 5.41) is 0. The van der Waals surface area contributed by atoms with E-state index in [1.54, 1.807) is 0 Å². The van der Waals surface area contributed by atoms with Gasteiger partial charge in [-0.3, -0.25) is 0 Å². The molecule has 1 fully saturated rings. The third-order valence-corrected chi connectivity index (χ3v) is 2.77. The molecule has 0 bridgehead atoms. The van der Waals surface area contributed by atoms with Gasteiger partial charge in [-0.1, -0.05) is 30.3 Å². The zero-order valence-corrected chi connectivity index (χ0v) is 8.07. The first-order valence-corrected chi connectivity index (χ1v) is 5.03. The van der Waals surface area contributed by atoms with Crippen LogP contribution in [0, 0.1) is 0 Å². The van der Waals surface area contributed by atoms with E-state index in [9.17, 15) is 0 Å². The van der Waals surface area contributed by atoms with E-state index in [0.717, 1.165) is 6.61 Å². The fourth-order valence-electron chi connectivity index (χ4n) is 1.87. The van der Waals surface area contributed by atoms with Crippen LogP contribution in [-0.4, -0.2) is 12.7 Å². The summed E-state index contributed by atoms with van der Waals surface area (Å²) in [6, 6.07) is 10.7. The predicted octanol–water partition coefficient (Wildman–Crippen LogP) is 2.97. The molecule has 0 saturated carbocycles. The summed E-state index contributed by atoms with van der Waals surface area (Å²) in [6.07, 6.45) is 2.92. The maximum absolute atomic E-state index is 5.64. The van der Waals surface area contributed by atoms with Gasteiger partial charge in [0.15, 0.2) is 0 Å². The first-order valence-electron chi connectivity index (χ1n) is 5.03. The first kappa shape index (κ1) is 8.76. The molecule has 0 aromatic heterocycles. The van der Waals surface area contributed by atoms with Crippen molar-refractivity contribution in [3.8, 4) is 0 Å². The fourth-order valence-corrected chi connectivity index (χ4v) is 1.87. The largest absolute Gasteiger partial charge is 0.378 e. The summed E-state index contributed by atoms with van der Waals surface area (Å²) >= 11 is 0. The molecule has 1 aliphatic rings. The molecule has 0 spiro atoms. The highest BCUT2D eigenvalue weighted by molar-refractivity contribution is 5.19. The fraction of sp³-hybridized carbons (Fsp3) is 0.500. The average molecular weight is 176 g/mol. The van der Waals surface area contributed by atoms with Crippen molar-refractivity contribution in [2.24, 2.45) is 0 Å². The Bertz CT molecular complexity index is 247. The van der Waals surface area contributed by atoms with E-state index in [2.05, 4.69) is 37.3 Å². The van der Waals surface area contributed by atoms with Crippen molar-refractivity contribution in [2.75, 3.05) is 6.61 Å². The zero-order chi connectivity index (χ0) is 9.10. The summed E-state index contributed by atoms with van der Waals surface area (Å²) in [5.74, 6) is 0.623. The lowest BCUT2D eigenvalue weighted by molar-refractivity contribution is 0.0155. The summed E-state index contributed by atoms with van der Waals surface area (Å²) < 4.78 is 5.64. The Kier molecular flexibility index (Phi) is 2.65. The lowest BCUT2D eigenvalue weighted by Gasteiger charge is -2.26. The van der Waals surface area contributed by atoms with E-state index >= 15 is 0 Å². The van der Waals surface area contributed by atoms with Crippen molar-refractivity contribution in [3.05, 3.63) is 35.9 Å². The van der Waals surface area contributed by atoms with Crippen molar-refractivity contribution >= 4 is 0 Å². The Labute approximate surface area is 79.7 Å². The molecule has 13 heavy (non-hydrogen) atoms. The Hall–Kier alpha value is -0.820. The van der Waals surface area contributed by atoms with Gasteiger partial charge < -0.3 is 4.74 Å². The Balaban J connectivity index is 2.03. The maximum atomic E-state index is 5.64. The van der Waals surface area contributed by atoms with Crippen molar-refractivity contribution in [1.82, 2.24) is 0 Å². The van der Waals surface area contributed by atoms with Crippen LogP contribution in [-0.2, 0) is 4.74 Å². The number of hydrogen-bond donors (Lipinski definition) is 0. The molecule has 2 rings (SSSR count). The number of hydrogen-bond acceptors (Lipinski definition) is 1. The van der Waals surface area contributed by atoms with E-state index in [1.165, 1.54) is 18.4 Å². The molecule has 1 heterocycles. The molecular weight excluding hydrogens is 160 g/mol. The Morgan fingerprint density at radius 1 is 1.15 bits per heavy atom. The zero-order valence-electron chi connectivity index (χ0n) is 8.07. The van der Waals surface area contributed by atoms with Crippen LogP contribution in [0.15, 0.2) is 30.3 Å². The molecule has 0 aliphatic carbocycles. The van der Waals surface area contributed by atoms with Gasteiger partial charge in [-0.25, -0.2) is 0 Å². The molecule has 0 unspecified atom stereocenters. The van der Waals surface area contributed by atoms with Crippen LogP contribution in [0.2, 0.25) is 0 Å². The molecule has 1 aromatic rings. The second kappa shape index (κ2) is 3.93. The highest BCUT2D eigenvalue weighted by Crippen LogP contribution is 2.27.